The largest absolute Gasteiger partial charge is 0.497 e. The third kappa shape index (κ3) is 5.16. The van der Waals surface area contributed by atoms with Crippen LogP contribution in [0.3, 0.4) is 0 Å². The van der Waals surface area contributed by atoms with Crippen molar-refractivity contribution in [2.45, 2.75) is 13.3 Å². The Bertz CT molecular complexity index is 784. The van der Waals surface area contributed by atoms with Crippen LogP contribution in [-0.2, 0) is 11.2 Å². The molecule has 0 aliphatic carbocycles. The Hall–Kier alpha value is -2.38. The van der Waals surface area contributed by atoms with Gasteiger partial charge in [0.2, 0.25) is 5.95 Å². The molecule has 0 bridgehead atoms. The van der Waals surface area contributed by atoms with Gasteiger partial charge < -0.3 is 19.3 Å². The van der Waals surface area contributed by atoms with Crippen LogP contribution in [0.15, 0.2) is 30.3 Å². The molecule has 0 saturated carbocycles. The summed E-state index contributed by atoms with van der Waals surface area (Å²) in [5.41, 5.74) is 2.38. The second-order valence-electron chi connectivity index (χ2n) is 7.69. The lowest BCUT2D eigenvalue weighted by atomic mass is 10.1. The van der Waals surface area contributed by atoms with Crippen LogP contribution in [-0.4, -0.2) is 81.0 Å². The van der Waals surface area contributed by atoms with E-state index in [0.29, 0.717) is 0 Å². The van der Waals surface area contributed by atoms with Gasteiger partial charge in [-0.2, -0.15) is 4.98 Å². The number of ether oxygens (including phenoxy) is 2. The van der Waals surface area contributed by atoms with Crippen LogP contribution < -0.4 is 14.5 Å². The molecule has 2 saturated heterocycles. The average Bonchev–Trinajstić information content (AvgIpc) is 2.78. The minimum absolute atomic E-state index is 0.769. The van der Waals surface area contributed by atoms with Crippen molar-refractivity contribution >= 4 is 11.8 Å². The Labute approximate surface area is 173 Å². The summed E-state index contributed by atoms with van der Waals surface area (Å²) in [7, 11) is 1.70. The molecular weight excluding hydrogens is 366 g/mol. The van der Waals surface area contributed by atoms with E-state index in [9.17, 15) is 0 Å². The predicted octanol–water partition coefficient (Wildman–Crippen LogP) is 1.99. The molecule has 1 aromatic heterocycles. The summed E-state index contributed by atoms with van der Waals surface area (Å²) in [5.74, 6) is 2.80. The minimum atomic E-state index is 0.769. The van der Waals surface area contributed by atoms with E-state index < -0.39 is 0 Å². The third-order valence-corrected chi connectivity index (χ3v) is 5.69. The Kier molecular flexibility index (Phi) is 6.46. The predicted molar refractivity (Wildman–Crippen MR) is 115 cm³/mol. The van der Waals surface area contributed by atoms with E-state index >= 15 is 0 Å². The van der Waals surface area contributed by atoms with Crippen LogP contribution in [0.2, 0.25) is 0 Å². The van der Waals surface area contributed by atoms with Gasteiger partial charge >= 0.3 is 0 Å². The lowest BCUT2D eigenvalue weighted by Crippen LogP contribution is -2.47. The van der Waals surface area contributed by atoms with Gasteiger partial charge in [0.1, 0.15) is 11.6 Å². The maximum atomic E-state index is 5.47. The van der Waals surface area contributed by atoms with Crippen molar-refractivity contribution < 1.29 is 9.47 Å². The number of hydrogen-bond acceptors (Lipinski definition) is 7. The summed E-state index contributed by atoms with van der Waals surface area (Å²) >= 11 is 0. The van der Waals surface area contributed by atoms with Gasteiger partial charge in [-0.15, -0.1) is 0 Å². The lowest BCUT2D eigenvalue weighted by molar-refractivity contribution is 0.122. The Morgan fingerprint density at radius 1 is 0.931 bits per heavy atom. The van der Waals surface area contributed by atoms with E-state index in [-0.39, 0.29) is 0 Å². The Morgan fingerprint density at radius 3 is 2.34 bits per heavy atom. The van der Waals surface area contributed by atoms with Crippen molar-refractivity contribution in [3.05, 3.63) is 41.6 Å². The first kappa shape index (κ1) is 19.9. The summed E-state index contributed by atoms with van der Waals surface area (Å²) in [6, 6.07) is 10.5. The third-order valence-electron chi connectivity index (χ3n) is 5.69. The summed E-state index contributed by atoms with van der Waals surface area (Å²) in [4.78, 5) is 16.7. The van der Waals surface area contributed by atoms with Gasteiger partial charge in [-0.3, -0.25) is 4.90 Å². The fraction of sp³-hybridized carbons (Fsp3) is 0.545. The molecule has 0 radical (unpaired) electrons. The molecule has 156 valence electrons. The second kappa shape index (κ2) is 9.41. The zero-order chi connectivity index (χ0) is 20.1. The molecule has 2 aromatic rings. The number of benzene rings is 1. The van der Waals surface area contributed by atoms with Gasteiger partial charge in [0, 0.05) is 57.6 Å². The second-order valence-corrected chi connectivity index (χ2v) is 7.69. The normalized spacial score (nSPS) is 18.1. The first-order valence-corrected chi connectivity index (χ1v) is 10.5. The fourth-order valence-electron chi connectivity index (χ4n) is 3.88. The van der Waals surface area contributed by atoms with Crippen LogP contribution >= 0.6 is 0 Å². The van der Waals surface area contributed by atoms with Gasteiger partial charge in [0.25, 0.3) is 0 Å². The number of hydrogen-bond donors (Lipinski definition) is 0. The van der Waals surface area contributed by atoms with E-state index in [1.807, 2.05) is 12.1 Å². The summed E-state index contributed by atoms with van der Waals surface area (Å²) in [6.45, 7) is 10.5. The number of aromatic nitrogens is 2. The molecule has 2 aliphatic rings. The molecule has 1 aromatic carbocycles. The first-order valence-electron chi connectivity index (χ1n) is 10.5. The van der Waals surface area contributed by atoms with E-state index in [1.54, 1.807) is 7.11 Å². The quantitative estimate of drug-likeness (QED) is 0.739. The maximum absolute atomic E-state index is 5.47. The molecule has 0 amide bonds. The van der Waals surface area contributed by atoms with Crippen molar-refractivity contribution in [3.63, 3.8) is 0 Å². The van der Waals surface area contributed by atoms with Gasteiger partial charge in [0.15, 0.2) is 0 Å². The van der Waals surface area contributed by atoms with E-state index in [1.165, 1.54) is 5.56 Å². The number of aryl methyl sites for hydroxylation is 1. The standard InChI is InChI=1S/C22H31N5O2/c1-18-17-21(26-13-15-29-16-14-26)24-22(23-18)27-11-9-25(10-12-27)8-7-19-3-5-20(28-2)6-4-19/h3-6,17H,7-16H2,1-2H3. The van der Waals surface area contributed by atoms with E-state index in [4.69, 9.17) is 19.4 Å². The minimum Gasteiger partial charge on any atom is -0.497 e. The Balaban J connectivity index is 1.31. The van der Waals surface area contributed by atoms with Crippen LogP contribution in [0.25, 0.3) is 0 Å². The van der Waals surface area contributed by atoms with Crippen LogP contribution in [0, 0.1) is 6.92 Å². The number of morpholine rings is 1. The molecule has 0 atom stereocenters. The average molecular weight is 398 g/mol. The van der Waals surface area contributed by atoms with Crippen molar-refractivity contribution in [1.29, 1.82) is 0 Å². The topological polar surface area (TPSA) is 54.0 Å². The van der Waals surface area contributed by atoms with Crippen molar-refractivity contribution in [2.24, 2.45) is 0 Å². The molecular formula is C22H31N5O2. The van der Waals surface area contributed by atoms with Crippen molar-refractivity contribution in [3.8, 4) is 5.75 Å². The molecule has 7 heteroatoms. The highest BCUT2D eigenvalue weighted by atomic mass is 16.5. The van der Waals surface area contributed by atoms with Gasteiger partial charge in [-0.1, -0.05) is 12.1 Å². The molecule has 4 rings (SSSR count). The fourth-order valence-corrected chi connectivity index (χ4v) is 3.88. The van der Waals surface area contributed by atoms with Crippen LogP contribution in [0.5, 0.6) is 5.75 Å². The molecule has 29 heavy (non-hydrogen) atoms. The smallest absolute Gasteiger partial charge is 0.227 e. The van der Waals surface area contributed by atoms with Crippen molar-refractivity contribution in [2.75, 3.05) is 75.9 Å². The highest BCUT2D eigenvalue weighted by molar-refractivity contribution is 5.46. The first-order chi connectivity index (χ1) is 14.2. The molecule has 0 spiro atoms. The van der Waals surface area contributed by atoms with E-state index in [0.717, 1.165) is 88.7 Å². The lowest BCUT2D eigenvalue weighted by Gasteiger charge is -2.35. The number of anilines is 2. The molecule has 3 heterocycles. The zero-order valence-corrected chi connectivity index (χ0v) is 17.5. The molecule has 0 N–H and O–H groups in total. The molecule has 7 nitrogen and oxygen atoms in total. The van der Waals surface area contributed by atoms with Gasteiger partial charge in [0.05, 0.1) is 20.3 Å². The monoisotopic (exact) mass is 397 g/mol. The zero-order valence-electron chi connectivity index (χ0n) is 17.5. The highest BCUT2D eigenvalue weighted by Crippen LogP contribution is 2.20. The summed E-state index contributed by atoms with van der Waals surface area (Å²) in [6.07, 6.45) is 1.06. The highest BCUT2D eigenvalue weighted by Gasteiger charge is 2.21. The SMILES string of the molecule is COc1ccc(CCN2CCN(c3nc(C)cc(N4CCOCC4)n3)CC2)cc1. The number of rotatable bonds is 6. The maximum Gasteiger partial charge on any atom is 0.227 e. The van der Waals surface area contributed by atoms with Crippen LogP contribution in [0.4, 0.5) is 11.8 Å². The number of piperazine rings is 1. The van der Waals surface area contributed by atoms with E-state index in [2.05, 4.69) is 39.8 Å². The summed E-state index contributed by atoms with van der Waals surface area (Å²) in [5, 5.41) is 0. The Morgan fingerprint density at radius 2 is 1.66 bits per heavy atom. The van der Waals surface area contributed by atoms with Gasteiger partial charge in [-0.05, 0) is 31.0 Å². The van der Waals surface area contributed by atoms with Crippen LogP contribution in [0.1, 0.15) is 11.3 Å². The van der Waals surface area contributed by atoms with Gasteiger partial charge in [-0.25, -0.2) is 4.98 Å². The summed E-state index contributed by atoms with van der Waals surface area (Å²) < 4.78 is 10.7. The molecule has 2 fully saturated rings. The number of nitrogens with zero attached hydrogens (tertiary/aromatic N) is 5. The van der Waals surface area contributed by atoms with Crippen molar-refractivity contribution in [1.82, 2.24) is 14.9 Å². The molecule has 2 aliphatic heterocycles. The molecule has 0 unspecified atom stereocenters. The number of methoxy groups -OCH3 is 1.